The van der Waals surface area contributed by atoms with E-state index in [1.165, 1.54) is 27.5 Å². The summed E-state index contributed by atoms with van der Waals surface area (Å²) in [6.07, 6.45) is 1.56. The maximum Gasteiger partial charge on any atom is 0.231 e. The van der Waals surface area contributed by atoms with Gasteiger partial charge in [-0.15, -0.1) is 34.9 Å². The molecule has 4 rings (SSSR count). The summed E-state index contributed by atoms with van der Waals surface area (Å²) in [4.78, 5) is 10.9. The van der Waals surface area contributed by atoms with Crippen LogP contribution < -0.4 is 9.47 Å². The molecule has 3 aromatic rings. The molecule has 0 amide bonds. The second-order valence-electron chi connectivity index (χ2n) is 5.73. The van der Waals surface area contributed by atoms with Crippen molar-refractivity contribution in [3.63, 3.8) is 0 Å². The molecule has 0 N–H and O–H groups in total. The molecule has 0 aliphatic carbocycles. The van der Waals surface area contributed by atoms with Crippen molar-refractivity contribution in [3.05, 3.63) is 40.5 Å². The average Bonchev–Trinajstić information content (AvgIpc) is 3.25. The van der Waals surface area contributed by atoms with E-state index in [0.717, 1.165) is 16.0 Å². The molecule has 0 bridgehead atoms. The van der Waals surface area contributed by atoms with Crippen LogP contribution in [0, 0.1) is 13.8 Å². The fourth-order valence-electron chi connectivity index (χ4n) is 2.80. The third-order valence-corrected chi connectivity index (χ3v) is 8.44. The van der Waals surface area contributed by atoms with Crippen LogP contribution in [-0.2, 0) is 0 Å². The van der Waals surface area contributed by atoms with Crippen LogP contribution in [0.3, 0.4) is 0 Å². The van der Waals surface area contributed by atoms with Gasteiger partial charge < -0.3 is 9.47 Å². The van der Waals surface area contributed by atoms with Crippen LogP contribution in [0.15, 0.2) is 24.5 Å². The van der Waals surface area contributed by atoms with Crippen molar-refractivity contribution in [3.8, 4) is 17.4 Å². The molecule has 25 heavy (non-hydrogen) atoms. The Bertz CT molecular complexity index is 920. The molecule has 1 aliphatic heterocycles. The van der Waals surface area contributed by atoms with Gasteiger partial charge in [0.1, 0.15) is 11.2 Å². The van der Waals surface area contributed by atoms with Gasteiger partial charge in [-0.25, -0.2) is 9.97 Å². The van der Waals surface area contributed by atoms with Crippen molar-refractivity contribution < 1.29 is 9.47 Å². The third kappa shape index (κ3) is 3.20. The van der Waals surface area contributed by atoms with Crippen molar-refractivity contribution in [2.75, 3.05) is 18.6 Å². The first-order chi connectivity index (χ1) is 12.2. The number of hydrogen-bond acceptors (Lipinski definition) is 7. The van der Waals surface area contributed by atoms with Gasteiger partial charge in [-0.1, -0.05) is 6.07 Å². The first-order valence-electron chi connectivity index (χ1n) is 7.97. The lowest BCUT2D eigenvalue weighted by molar-refractivity contribution is 0.375. The molecule has 4 nitrogen and oxygen atoms in total. The summed E-state index contributed by atoms with van der Waals surface area (Å²) in [6.45, 7) is 4.18. The van der Waals surface area contributed by atoms with Gasteiger partial charge in [0.05, 0.1) is 17.1 Å². The molecule has 1 fully saturated rings. The first kappa shape index (κ1) is 17.0. The minimum Gasteiger partial charge on any atom is -0.493 e. The highest BCUT2D eigenvalue weighted by molar-refractivity contribution is 8.19. The summed E-state index contributed by atoms with van der Waals surface area (Å²) in [7, 11) is 1.68. The maximum atomic E-state index is 6.14. The van der Waals surface area contributed by atoms with Gasteiger partial charge in [-0.3, -0.25) is 0 Å². The lowest BCUT2D eigenvalue weighted by Crippen LogP contribution is -1.95. The number of methoxy groups -OCH3 is 1. The third-order valence-electron chi connectivity index (χ3n) is 4.22. The Balaban J connectivity index is 1.71. The second kappa shape index (κ2) is 7.05. The SMILES string of the molecule is COc1cc(C2SCCS2)ccc1Oc1ncnc2sc(C)c(C)c12. The van der Waals surface area contributed by atoms with Gasteiger partial charge in [0.2, 0.25) is 5.88 Å². The summed E-state index contributed by atoms with van der Waals surface area (Å²) in [6, 6.07) is 6.18. The molecule has 130 valence electrons. The van der Waals surface area contributed by atoms with Gasteiger partial charge in [-0.05, 0) is 37.1 Å². The molecule has 0 atom stereocenters. The largest absolute Gasteiger partial charge is 0.493 e. The van der Waals surface area contributed by atoms with E-state index in [-0.39, 0.29) is 0 Å². The maximum absolute atomic E-state index is 6.14. The monoisotopic (exact) mass is 390 g/mol. The number of fused-ring (bicyclic) bond motifs is 1. The van der Waals surface area contributed by atoms with Crippen molar-refractivity contribution in [2.24, 2.45) is 0 Å². The molecule has 7 heteroatoms. The van der Waals surface area contributed by atoms with Gasteiger partial charge in [-0.2, -0.15) is 0 Å². The number of ether oxygens (including phenoxy) is 2. The smallest absolute Gasteiger partial charge is 0.231 e. The molecule has 0 saturated carbocycles. The van der Waals surface area contributed by atoms with E-state index >= 15 is 0 Å². The molecule has 1 aliphatic rings. The zero-order chi connectivity index (χ0) is 17.4. The molecular formula is C18H18N2O2S3. The van der Waals surface area contributed by atoms with Crippen LogP contribution in [0.4, 0.5) is 0 Å². The molecular weight excluding hydrogens is 372 g/mol. The van der Waals surface area contributed by atoms with Gasteiger partial charge in [0, 0.05) is 16.4 Å². The number of benzene rings is 1. The number of thiophene rings is 1. The van der Waals surface area contributed by atoms with Crippen LogP contribution in [0.1, 0.15) is 20.6 Å². The van der Waals surface area contributed by atoms with Crippen LogP contribution >= 0.6 is 34.9 Å². The van der Waals surface area contributed by atoms with Crippen molar-refractivity contribution in [1.29, 1.82) is 0 Å². The van der Waals surface area contributed by atoms with E-state index in [9.17, 15) is 0 Å². The van der Waals surface area contributed by atoms with Gasteiger partial charge >= 0.3 is 0 Å². The second-order valence-corrected chi connectivity index (χ2v) is 9.66. The highest BCUT2D eigenvalue weighted by Gasteiger charge is 2.21. The molecule has 1 aromatic carbocycles. The van der Waals surface area contributed by atoms with Crippen LogP contribution in [0.2, 0.25) is 0 Å². The van der Waals surface area contributed by atoms with E-state index < -0.39 is 0 Å². The Hall–Kier alpha value is -1.44. The van der Waals surface area contributed by atoms with Gasteiger partial charge in [0.15, 0.2) is 11.5 Å². The van der Waals surface area contributed by atoms with E-state index in [1.54, 1.807) is 24.8 Å². The lowest BCUT2D eigenvalue weighted by Gasteiger charge is -2.14. The summed E-state index contributed by atoms with van der Waals surface area (Å²) in [5, 5.41) is 0.984. The van der Waals surface area contributed by atoms with Crippen molar-refractivity contribution in [2.45, 2.75) is 18.4 Å². The summed E-state index contributed by atoms with van der Waals surface area (Å²) < 4.78 is 12.2. The first-order valence-corrected chi connectivity index (χ1v) is 10.9. The quantitative estimate of drug-likeness (QED) is 0.579. The molecule has 0 unspecified atom stereocenters. The normalized spacial score (nSPS) is 15.0. The molecule has 3 heterocycles. The number of aromatic nitrogens is 2. The Labute approximate surface area is 159 Å². The standard InChI is InChI=1S/C18H18N2O2S3/c1-10-11(2)25-17-15(10)16(19-9-20-17)22-13-5-4-12(8-14(13)21-3)18-23-6-7-24-18/h4-5,8-9,18H,6-7H2,1-3H3. The Morgan fingerprint density at radius 1 is 1.08 bits per heavy atom. The molecule has 2 aromatic heterocycles. The highest BCUT2D eigenvalue weighted by Crippen LogP contribution is 2.47. The van der Waals surface area contributed by atoms with E-state index in [4.69, 9.17) is 9.47 Å². The number of rotatable bonds is 4. The van der Waals surface area contributed by atoms with E-state index in [1.807, 2.05) is 29.6 Å². The minimum absolute atomic E-state index is 0.482. The zero-order valence-electron chi connectivity index (χ0n) is 14.2. The molecule has 0 radical (unpaired) electrons. The van der Waals surface area contributed by atoms with Crippen LogP contribution in [0.5, 0.6) is 17.4 Å². The minimum atomic E-state index is 0.482. The highest BCUT2D eigenvalue weighted by atomic mass is 32.2. The van der Waals surface area contributed by atoms with E-state index in [0.29, 0.717) is 16.2 Å². The number of aryl methyl sites for hydroxylation is 2. The summed E-state index contributed by atoms with van der Waals surface area (Å²) in [5.41, 5.74) is 2.44. The Kier molecular flexibility index (Phi) is 4.80. The van der Waals surface area contributed by atoms with Crippen LogP contribution in [0.25, 0.3) is 10.2 Å². The van der Waals surface area contributed by atoms with Gasteiger partial charge in [0.25, 0.3) is 0 Å². The zero-order valence-corrected chi connectivity index (χ0v) is 16.7. The van der Waals surface area contributed by atoms with E-state index in [2.05, 4.69) is 35.9 Å². The Morgan fingerprint density at radius 3 is 2.64 bits per heavy atom. The fourth-order valence-corrected chi connectivity index (χ4v) is 6.62. The fraction of sp³-hybridized carbons (Fsp3) is 0.333. The van der Waals surface area contributed by atoms with Crippen LogP contribution in [-0.4, -0.2) is 28.6 Å². The van der Waals surface area contributed by atoms with Crippen molar-refractivity contribution in [1.82, 2.24) is 9.97 Å². The number of nitrogens with zero attached hydrogens (tertiary/aromatic N) is 2. The lowest BCUT2D eigenvalue weighted by atomic mass is 10.2. The number of thioether (sulfide) groups is 2. The molecule has 0 spiro atoms. The van der Waals surface area contributed by atoms with Crippen molar-refractivity contribution >= 4 is 45.1 Å². The summed E-state index contributed by atoms with van der Waals surface area (Å²) >= 11 is 5.62. The predicted molar refractivity (Wildman–Crippen MR) is 108 cm³/mol. The predicted octanol–water partition coefficient (Wildman–Crippen LogP) is 5.59. The summed E-state index contributed by atoms with van der Waals surface area (Å²) in [5.74, 6) is 4.41. The topological polar surface area (TPSA) is 44.2 Å². The molecule has 1 saturated heterocycles. The average molecular weight is 391 g/mol. The number of hydrogen-bond donors (Lipinski definition) is 0. The Morgan fingerprint density at radius 2 is 1.88 bits per heavy atom.